The molecule has 0 saturated carbocycles. The standard InChI is InChI=1S/C23H24F3N3O2S/c1-16-5-7-17(8-6-16)20(30)29-13-14-32-22(29)9-11-28(12-10-22)21(31)27-19-4-2-3-18(15-19)23(24,25)26/h2-8,15H,9-14H2,1H3,(H,27,31). The zero-order valence-electron chi connectivity index (χ0n) is 17.6. The Hall–Kier alpha value is -2.68. The van der Waals surface area contributed by atoms with E-state index in [1.54, 1.807) is 16.7 Å². The van der Waals surface area contributed by atoms with Gasteiger partial charge in [-0.25, -0.2) is 4.79 Å². The van der Waals surface area contributed by atoms with Gasteiger partial charge in [-0.3, -0.25) is 4.79 Å². The summed E-state index contributed by atoms with van der Waals surface area (Å²) in [6, 6.07) is 11.7. The van der Waals surface area contributed by atoms with Gasteiger partial charge in [-0.1, -0.05) is 23.8 Å². The van der Waals surface area contributed by atoms with Crippen molar-refractivity contribution < 1.29 is 22.8 Å². The number of carbonyl (C=O) groups is 2. The van der Waals surface area contributed by atoms with Crippen molar-refractivity contribution in [2.45, 2.75) is 30.8 Å². The minimum absolute atomic E-state index is 0.00290. The van der Waals surface area contributed by atoms with Crippen molar-refractivity contribution in [3.05, 3.63) is 65.2 Å². The Morgan fingerprint density at radius 1 is 1.03 bits per heavy atom. The molecule has 0 atom stereocenters. The summed E-state index contributed by atoms with van der Waals surface area (Å²) < 4.78 is 38.7. The summed E-state index contributed by atoms with van der Waals surface area (Å²) in [6.07, 6.45) is -3.23. The molecule has 2 aromatic rings. The largest absolute Gasteiger partial charge is 0.416 e. The van der Waals surface area contributed by atoms with Crippen LogP contribution >= 0.6 is 11.8 Å². The summed E-state index contributed by atoms with van der Waals surface area (Å²) in [4.78, 5) is 28.9. The smallest absolute Gasteiger partial charge is 0.324 e. The number of alkyl halides is 3. The molecule has 0 bridgehead atoms. The number of benzene rings is 2. The van der Waals surface area contributed by atoms with Gasteiger partial charge < -0.3 is 15.1 Å². The van der Waals surface area contributed by atoms with Crippen LogP contribution in [0, 0.1) is 6.92 Å². The zero-order chi connectivity index (χ0) is 22.9. The second kappa shape index (κ2) is 8.69. The van der Waals surface area contributed by atoms with Crippen LogP contribution in [0.5, 0.6) is 0 Å². The predicted octanol–water partition coefficient (Wildman–Crippen LogP) is 5.23. The molecule has 4 rings (SSSR count). The Morgan fingerprint density at radius 2 is 1.72 bits per heavy atom. The van der Waals surface area contributed by atoms with Gasteiger partial charge in [-0.2, -0.15) is 13.2 Å². The number of nitrogens with one attached hydrogen (secondary N) is 1. The van der Waals surface area contributed by atoms with Crippen LogP contribution in [0.15, 0.2) is 48.5 Å². The normalized spacial score (nSPS) is 18.1. The molecule has 2 fully saturated rings. The predicted molar refractivity (Wildman–Crippen MR) is 119 cm³/mol. The van der Waals surface area contributed by atoms with Crippen LogP contribution < -0.4 is 5.32 Å². The molecule has 5 nitrogen and oxygen atoms in total. The summed E-state index contributed by atoms with van der Waals surface area (Å²) in [7, 11) is 0. The first kappa shape index (κ1) is 22.5. The summed E-state index contributed by atoms with van der Waals surface area (Å²) in [5.74, 6) is 0.838. The molecule has 9 heteroatoms. The van der Waals surface area contributed by atoms with Crippen LogP contribution in [0.2, 0.25) is 0 Å². The quantitative estimate of drug-likeness (QED) is 0.664. The molecule has 2 aromatic carbocycles. The third-order valence-electron chi connectivity index (χ3n) is 5.99. The average molecular weight is 464 g/mol. The number of hydrogen-bond donors (Lipinski definition) is 1. The van der Waals surface area contributed by atoms with Gasteiger partial charge in [0.25, 0.3) is 5.91 Å². The van der Waals surface area contributed by atoms with Gasteiger partial charge in [0.05, 0.1) is 10.4 Å². The molecule has 0 unspecified atom stereocenters. The van der Waals surface area contributed by atoms with Gasteiger partial charge >= 0.3 is 12.2 Å². The van der Waals surface area contributed by atoms with E-state index in [0.29, 0.717) is 38.0 Å². The van der Waals surface area contributed by atoms with Crippen LogP contribution in [-0.4, -0.2) is 52.0 Å². The summed E-state index contributed by atoms with van der Waals surface area (Å²) in [5, 5.41) is 2.57. The Labute approximate surface area is 189 Å². The number of hydrogen-bond acceptors (Lipinski definition) is 3. The van der Waals surface area contributed by atoms with E-state index in [9.17, 15) is 22.8 Å². The average Bonchev–Trinajstić information content (AvgIpc) is 3.16. The van der Waals surface area contributed by atoms with Gasteiger partial charge in [0.15, 0.2) is 0 Å². The Balaban J connectivity index is 1.40. The van der Waals surface area contributed by atoms with Crippen LogP contribution in [-0.2, 0) is 6.18 Å². The summed E-state index contributed by atoms with van der Waals surface area (Å²) in [6.45, 7) is 3.49. The van der Waals surface area contributed by atoms with Crippen molar-refractivity contribution in [1.82, 2.24) is 9.80 Å². The highest BCUT2D eigenvalue weighted by molar-refractivity contribution is 8.00. The van der Waals surface area contributed by atoms with Crippen molar-refractivity contribution in [2.75, 3.05) is 30.7 Å². The molecule has 170 valence electrons. The molecule has 2 heterocycles. The molecular weight excluding hydrogens is 439 g/mol. The van der Waals surface area contributed by atoms with E-state index in [1.807, 2.05) is 36.1 Å². The number of carbonyl (C=O) groups excluding carboxylic acids is 2. The minimum Gasteiger partial charge on any atom is -0.324 e. The highest BCUT2D eigenvalue weighted by Gasteiger charge is 2.47. The van der Waals surface area contributed by atoms with Crippen LogP contribution in [0.1, 0.15) is 34.3 Å². The number of amides is 3. The minimum atomic E-state index is -4.47. The molecule has 0 aromatic heterocycles. The number of rotatable bonds is 2. The number of halogens is 3. The molecule has 32 heavy (non-hydrogen) atoms. The third-order valence-corrected chi connectivity index (χ3v) is 7.55. The van der Waals surface area contributed by atoms with Gasteiger partial charge in [-0.05, 0) is 50.1 Å². The molecule has 2 aliphatic heterocycles. The van der Waals surface area contributed by atoms with Crippen molar-refractivity contribution >= 4 is 29.4 Å². The molecular formula is C23H24F3N3O2S. The van der Waals surface area contributed by atoms with Crippen LogP contribution in [0.25, 0.3) is 0 Å². The Morgan fingerprint density at radius 3 is 2.38 bits per heavy atom. The van der Waals surface area contributed by atoms with Crippen molar-refractivity contribution in [1.29, 1.82) is 0 Å². The maximum Gasteiger partial charge on any atom is 0.416 e. The highest BCUT2D eigenvalue weighted by Crippen LogP contribution is 2.44. The maximum atomic E-state index is 13.1. The SMILES string of the molecule is Cc1ccc(C(=O)N2CCSC23CCN(C(=O)Nc2cccc(C(F)(F)F)c2)CC3)cc1. The lowest BCUT2D eigenvalue weighted by atomic mass is 10.0. The van der Waals surface area contributed by atoms with E-state index in [2.05, 4.69) is 5.32 Å². The molecule has 1 N–H and O–H groups in total. The molecule has 0 aliphatic carbocycles. The monoisotopic (exact) mass is 463 g/mol. The first-order valence-electron chi connectivity index (χ1n) is 10.4. The second-order valence-electron chi connectivity index (χ2n) is 8.11. The van der Waals surface area contributed by atoms with E-state index < -0.39 is 17.8 Å². The second-order valence-corrected chi connectivity index (χ2v) is 9.57. The number of nitrogens with zero attached hydrogens (tertiary/aromatic N) is 2. The lowest BCUT2D eigenvalue weighted by Gasteiger charge is -2.44. The van der Waals surface area contributed by atoms with E-state index in [-0.39, 0.29) is 16.5 Å². The number of piperidine rings is 1. The number of thioether (sulfide) groups is 1. The van der Waals surface area contributed by atoms with Gasteiger partial charge in [-0.15, -0.1) is 11.8 Å². The van der Waals surface area contributed by atoms with Gasteiger partial charge in [0.2, 0.25) is 0 Å². The van der Waals surface area contributed by atoms with E-state index >= 15 is 0 Å². The summed E-state index contributed by atoms with van der Waals surface area (Å²) >= 11 is 1.74. The Kier molecular flexibility index (Phi) is 6.11. The van der Waals surface area contributed by atoms with E-state index in [0.717, 1.165) is 23.4 Å². The topological polar surface area (TPSA) is 52.7 Å². The molecule has 3 amide bonds. The number of anilines is 1. The lowest BCUT2D eigenvalue weighted by molar-refractivity contribution is -0.137. The first-order chi connectivity index (χ1) is 15.2. The number of aryl methyl sites for hydroxylation is 1. The summed E-state index contributed by atoms with van der Waals surface area (Å²) in [5.41, 5.74) is 1.05. The first-order valence-corrected chi connectivity index (χ1v) is 11.4. The van der Waals surface area contributed by atoms with Crippen LogP contribution in [0.4, 0.5) is 23.7 Å². The molecule has 1 spiro atoms. The van der Waals surface area contributed by atoms with Crippen molar-refractivity contribution in [3.8, 4) is 0 Å². The number of likely N-dealkylation sites (tertiary alicyclic amines) is 1. The van der Waals surface area contributed by atoms with Gasteiger partial charge in [0, 0.05) is 36.6 Å². The fourth-order valence-electron chi connectivity index (χ4n) is 4.20. The maximum absolute atomic E-state index is 13.1. The van der Waals surface area contributed by atoms with Gasteiger partial charge in [0.1, 0.15) is 0 Å². The third kappa shape index (κ3) is 4.57. The molecule has 0 radical (unpaired) electrons. The highest BCUT2D eigenvalue weighted by atomic mass is 32.2. The van der Waals surface area contributed by atoms with E-state index in [1.165, 1.54) is 12.1 Å². The lowest BCUT2D eigenvalue weighted by Crippen LogP contribution is -2.54. The fourth-order valence-corrected chi connectivity index (χ4v) is 5.65. The van der Waals surface area contributed by atoms with Crippen molar-refractivity contribution in [2.24, 2.45) is 0 Å². The zero-order valence-corrected chi connectivity index (χ0v) is 18.4. The van der Waals surface area contributed by atoms with Crippen LogP contribution in [0.3, 0.4) is 0 Å². The fraction of sp³-hybridized carbons (Fsp3) is 0.391. The number of urea groups is 1. The van der Waals surface area contributed by atoms with E-state index in [4.69, 9.17) is 0 Å². The van der Waals surface area contributed by atoms with Crippen molar-refractivity contribution in [3.63, 3.8) is 0 Å². The molecule has 2 aliphatic rings. The Bertz CT molecular complexity index is 1000. The molecule has 2 saturated heterocycles.